The third-order valence-electron chi connectivity index (χ3n) is 2.85. The molecule has 0 unspecified atom stereocenters. The Morgan fingerprint density at radius 2 is 2.16 bits per heavy atom. The van der Waals surface area contributed by atoms with Crippen LogP contribution in [0.2, 0.25) is 5.02 Å². The highest BCUT2D eigenvalue weighted by molar-refractivity contribution is 6.30. The highest BCUT2D eigenvalue weighted by Gasteiger charge is 2.19. The summed E-state index contributed by atoms with van der Waals surface area (Å²) in [4.78, 5) is 12.1. The number of nitrogens with one attached hydrogen (secondary N) is 1. The van der Waals surface area contributed by atoms with Crippen LogP contribution in [0.5, 0.6) is 5.75 Å². The van der Waals surface area contributed by atoms with E-state index in [1.807, 2.05) is 19.9 Å². The van der Waals surface area contributed by atoms with Gasteiger partial charge in [0.05, 0.1) is 0 Å². The van der Waals surface area contributed by atoms with Crippen molar-refractivity contribution in [1.29, 1.82) is 0 Å². The maximum absolute atomic E-state index is 12.1. The minimum absolute atomic E-state index is 0.0663. The van der Waals surface area contributed by atoms with Crippen LogP contribution in [0.4, 0.5) is 0 Å². The van der Waals surface area contributed by atoms with Crippen molar-refractivity contribution in [1.82, 2.24) is 5.32 Å². The Balaban J connectivity index is 2.60. The Morgan fingerprint density at radius 3 is 2.74 bits per heavy atom. The van der Waals surface area contributed by atoms with Crippen LogP contribution >= 0.6 is 11.6 Å². The Bertz CT molecular complexity index is 409. The van der Waals surface area contributed by atoms with Gasteiger partial charge in [-0.1, -0.05) is 37.9 Å². The summed E-state index contributed by atoms with van der Waals surface area (Å²) in [7, 11) is 0. The number of benzene rings is 1. The number of ether oxygens (including phenoxy) is 1. The largest absolute Gasteiger partial charge is 0.481 e. The fraction of sp³-hybridized carbons (Fsp3) is 0.533. The van der Waals surface area contributed by atoms with Crippen molar-refractivity contribution in [3.63, 3.8) is 0 Å². The molecule has 0 fully saturated rings. The molecule has 1 rings (SSSR count). The van der Waals surface area contributed by atoms with Gasteiger partial charge in [-0.25, -0.2) is 0 Å². The summed E-state index contributed by atoms with van der Waals surface area (Å²) < 4.78 is 5.69. The lowest BCUT2D eigenvalue weighted by Gasteiger charge is -2.20. The Labute approximate surface area is 120 Å². The molecule has 19 heavy (non-hydrogen) atoms. The number of hydrogen-bond donors (Lipinski definition) is 1. The summed E-state index contributed by atoms with van der Waals surface area (Å²) in [6.07, 6.45) is 2.17. The molecular formula is C15H22ClNO2. The molecule has 0 spiro atoms. The predicted octanol–water partition coefficient (Wildman–Crippen LogP) is 3.80. The van der Waals surface area contributed by atoms with E-state index in [4.69, 9.17) is 16.3 Å². The number of carbonyl (C=O) groups excluding carboxylic acids is 1. The molecule has 0 aliphatic heterocycles. The number of rotatable bonds is 7. The van der Waals surface area contributed by atoms with Crippen LogP contribution in [-0.4, -0.2) is 18.1 Å². The topological polar surface area (TPSA) is 38.3 Å². The molecule has 0 aromatic heterocycles. The molecule has 4 heteroatoms. The zero-order valence-corrected chi connectivity index (χ0v) is 12.5. The molecule has 0 saturated carbocycles. The van der Waals surface area contributed by atoms with Gasteiger partial charge in [0.2, 0.25) is 0 Å². The number of carbonyl (C=O) groups is 1. The minimum Gasteiger partial charge on any atom is -0.481 e. The lowest BCUT2D eigenvalue weighted by atomic mass is 10.1. The second-order valence-corrected chi connectivity index (χ2v) is 5.11. The average molecular weight is 284 g/mol. The van der Waals surface area contributed by atoms with Crippen LogP contribution in [0.15, 0.2) is 24.3 Å². The fourth-order valence-corrected chi connectivity index (χ4v) is 2.05. The molecule has 0 aliphatic carbocycles. The van der Waals surface area contributed by atoms with Crippen molar-refractivity contribution >= 4 is 17.5 Å². The van der Waals surface area contributed by atoms with Gasteiger partial charge in [0, 0.05) is 11.1 Å². The lowest BCUT2D eigenvalue weighted by Crippen LogP contribution is -2.42. The third-order valence-corrected chi connectivity index (χ3v) is 3.08. The van der Waals surface area contributed by atoms with Crippen LogP contribution in [-0.2, 0) is 4.79 Å². The highest BCUT2D eigenvalue weighted by atomic mass is 35.5. The zero-order valence-electron chi connectivity index (χ0n) is 11.8. The van der Waals surface area contributed by atoms with Crippen LogP contribution < -0.4 is 10.1 Å². The molecule has 3 nitrogen and oxygen atoms in total. The van der Waals surface area contributed by atoms with Gasteiger partial charge >= 0.3 is 0 Å². The summed E-state index contributed by atoms with van der Waals surface area (Å²) in [6.45, 7) is 6.04. The quantitative estimate of drug-likeness (QED) is 0.826. The maximum atomic E-state index is 12.1. The average Bonchev–Trinajstić information content (AvgIpc) is 2.36. The van der Waals surface area contributed by atoms with Crippen molar-refractivity contribution in [3.8, 4) is 5.75 Å². The van der Waals surface area contributed by atoms with Crippen molar-refractivity contribution in [2.24, 2.45) is 0 Å². The van der Waals surface area contributed by atoms with Crippen LogP contribution in [0.1, 0.15) is 40.0 Å². The van der Waals surface area contributed by atoms with E-state index in [2.05, 4.69) is 12.2 Å². The van der Waals surface area contributed by atoms with Gasteiger partial charge in [-0.05, 0) is 38.0 Å². The number of hydrogen-bond acceptors (Lipinski definition) is 2. The smallest absolute Gasteiger partial charge is 0.261 e. The van der Waals surface area contributed by atoms with Gasteiger partial charge in [-0.2, -0.15) is 0 Å². The predicted molar refractivity (Wildman–Crippen MR) is 78.7 cm³/mol. The van der Waals surface area contributed by atoms with Crippen LogP contribution in [0, 0.1) is 0 Å². The third kappa shape index (κ3) is 5.52. The summed E-state index contributed by atoms with van der Waals surface area (Å²) >= 11 is 5.90. The van der Waals surface area contributed by atoms with Crippen LogP contribution in [0.25, 0.3) is 0 Å². The monoisotopic (exact) mass is 283 g/mol. The molecule has 1 N–H and O–H groups in total. The summed E-state index contributed by atoms with van der Waals surface area (Å²) in [6, 6.07) is 7.28. The highest BCUT2D eigenvalue weighted by Crippen LogP contribution is 2.19. The maximum Gasteiger partial charge on any atom is 0.261 e. The first-order valence-electron chi connectivity index (χ1n) is 6.79. The summed E-state index contributed by atoms with van der Waals surface area (Å²) in [5, 5.41) is 3.57. The van der Waals surface area contributed by atoms with Crippen molar-refractivity contribution in [2.75, 3.05) is 0 Å². The minimum atomic E-state index is -0.474. The van der Waals surface area contributed by atoms with Crippen molar-refractivity contribution in [2.45, 2.75) is 52.2 Å². The molecule has 1 amide bonds. The number of amides is 1. The molecule has 0 aliphatic rings. The first kappa shape index (κ1) is 15.8. The molecule has 0 heterocycles. The Hall–Kier alpha value is -1.22. The van der Waals surface area contributed by atoms with Crippen LogP contribution in [0.3, 0.4) is 0 Å². The second-order valence-electron chi connectivity index (χ2n) is 4.67. The molecule has 2 atom stereocenters. The molecule has 1 aromatic rings. The summed E-state index contributed by atoms with van der Waals surface area (Å²) in [5.74, 6) is 0.557. The van der Waals surface area contributed by atoms with E-state index in [1.165, 1.54) is 0 Å². The van der Waals surface area contributed by atoms with E-state index >= 15 is 0 Å². The molecular weight excluding hydrogens is 262 g/mol. The van der Waals surface area contributed by atoms with Crippen molar-refractivity contribution in [3.05, 3.63) is 29.3 Å². The van der Waals surface area contributed by atoms with Gasteiger partial charge in [-0.15, -0.1) is 0 Å². The lowest BCUT2D eigenvalue weighted by molar-refractivity contribution is -0.128. The second kappa shape index (κ2) is 8.05. The zero-order chi connectivity index (χ0) is 14.3. The van der Waals surface area contributed by atoms with Gasteiger partial charge in [0.1, 0.15) is 5.75 Å². The first-order valence-corrected chi connectivity index (χ1v) is 7.17. The Morgan fingerprint density at radius 1 is 1.42 bits per heavy atom. The van der Waals surface area contributed by atoms with E-state index in [9.17, 15) is 4.79 Å². The van der Waals surface area contributed by atoms with E-state index in [0.29, 0.717) is 17.2 Å². The first-order chi connectivity index (χ1) is 9.06. The molecule has 1 aromatic carbocycles. The normalized spacial score (nSPS) is 13.7. The standard InChI is InChI=1S/C15H22ClNO2/c1-4-7-11(3)17-15(18)14(5-2)19-13-9-6-8-12(16)10-13/h6,8-11,14H,4-5,7H2,1-3H3,(H,17,18)/t11-,14-/m1/s1. The van der Waals surface area contributed by atoms with E-state index in [-0.39, 0.29) is 11.9 Å². The van der Waals surface area contributed by atoms with Gasteiger partial charge in [0.15, 0.2) is 6.10 Å². The van der Waals surface area contributed by atoms with E-state index in [0.717, 1.165) is 12.8 Å². The summed E-state index contributed by atoms with van der Waals surface area (Å²) in [5.41, 5.74) is 0. The Kier molecular flexibility index (Phi) is 6.71. The van der Waals surface area contributed by atoms with Gasteiger partial charge in [-0.3, -0.25) is 4.79 Å². The van der Waals surface area contributed by atoms with Gasteiger partial charge in [0.25, 0.3) is 5.91 Å². The molecule has 106 valence electrons. The fourth-order valence-electron chi connectivity index (χ4n) is 1.87. The van der Waals surface area contributed by atoms with Gasteiger partial charge < -0.3 is 10.1 Å². The molecule has 0 radical (unpaired) electrons. The van der Waals surface area contributed by atoms with E-state index in [1.54, 1.807) is 18.2 Å². The number of halogens is 1. The SMILES string of the molecule is CCC[C@@H](C)NC(=O)[C@@H](CC)Oc1cccc(Cl)c1. The van der Waals surface area contributed by atoms with E-state index < -0.39 is 6.10 Å². The molecule has 0 saturated heterocycles. The van der Waals surface area contributed by atoms with Crippen molar-refractivity contribution < 1.29 is 9.53 Å². The molecule has 0 bridgehead atoms.